The van der Waals surface area contributed by atoms with Gasteiger partial charge in [0.1, 0.15) is 11.5 Å². The van der Waals surface area contributed by atoms with E-state index in [0.717, 1.165) is 9.35 Å². The highest BCUT2D eigenvalue weighted by Gasteiger charge is 2.09. The maximum Gasteiger partial charge on any atom is 0.270 e. The third-order valence-corrected chi connectivity index (χ3v) is 4.16. The highest BCUT2D eigenvalue weighted by molar-refractivity contribution is 9.10. The van der Waals surface area contributed by atoms with Crippen LogP contribution in [-0.4, -0.2) is 10.9 Å². The normalized spacial score (nSPS) is 10.1. The Bertz CT molecular complexity index is 557. The summed E-state index contributed by atoms with van der Waals surface area (Å²) in [7, 11) is 0. The second-order valence-corrected chi connectivity index (χ2v) is 5.28. The predicted molar refractivity (Wildman–Crippen MR) is 75.2 cm³/mol. The van der Waals surface area contributed by atoms with Gasteiger partial charge >= 0.3 is 0 Å². The van der Waals surface area contributed by atoms with Gasteiger partial charge in [0, 0.05) is 9.35 Å². The summed E-state index contributed by atoms with van der Waals surface area (Å²) < 4.78 is 0.998. The van der Waals surface area contributed by atoms with E-state index in [1.54, 1.807) is 29.5 Å². The molecule has 0 aliphatic rings. The van der Waals surface area contributed by atoms with Crippen LogP contribution in [0.1, 0.15) is 15.4 Å². The molecule has 0 radical (unpaired) electrons. The zero-order valence-electron chi connectivity index (χ0n) is 9.31. The lowest BCUT2D eigenvalue weighted by atomic mass is 10.3. The fourth-order valence-corrected chi connectivity index (χ4v) is 2.78. The Morgan fingerprint density at radius 2 is 2.28 bits per heavy atom. The van der Waals surface area contributed by atoms with Gasteiger partial charge in [0.2, 0.25) is 0 Å². The Hall–Kier alpha value is -1.44. The molecule has 94 valence electrons. The Labute approximate surface area is 117 Å². The number of nitrogens with two attached hydrogens (primary N) is 1. The molecule has 0 fully saturated rings. The maximum atomic E-state index is 11.9. The number of nitrogens with zero attached hydrogens (tertiary/aromatic N) is 1. The number of hydrazine groups is 1. The molecule has 0 saturated heterocycles. The number of halogens is 1. The smallest absolute Gasteiger partial charge is 0.270 e. The van der Waals surface area contributed by atoms with E-state index in [1.165, 1.54) is 0 Å². The second kappa shape index (κ2) is 5.94. The van der Waals surface area contributed by atoms with Crippen LogP contribution in [0.3, 0.4) is 0 Å². The minimum atomic E-state index is -0.229. The average molecular weight is 327 g/mol. The lowest BCUT2D eigenvalue weighted by Crippen LogP contribution is -2.24. The first-order valence-corrected chi connectivity index (χ1v) is 6.81. The minimum absolute atomic E-state index is 0.229. The lowest BCUT2D eigenvalue weighted by molar-refractivity contribution is 0.0946. The van der Waals surface area contributed by atoms with Gasteiger partial charge in [0.05, 0.1) is 6.54 Å². The molecule has 0 saturated carbocycles. The van der Waals surface area contributed by atoms with Crippen LogP contribution < -0.4 is 16.6 Å². The van der Waals surface area contributed by atoms with E-state index < -0.39 is 0 Å². The Kier molecular flexibility index (Phi) is 4.29. The highest BCUT2D eigenvalue weighted by atomic mass is 79.9. The molecule has 0 aliphatic carbocycles. The van der Waals surface area contributed by atoms with Gasteiger partial charge in [-0.2, -0.15) is 0 Å². The van der Waals surface area contributed by atoms with Gasteiger partial charge in [-0.05, 0) is 39.5 Å². The SMILES string of the molecule is NNc1cccc(C(=O)NCc2sccc2Br)n1. The number of pyridine rings is 1. The monoisotopic (exact) mass is 326 g/mol. The Balaban J connectivity index is 2.01. The van der Waals surface area contributed by atoms with Crippen LogP contribution in [0.5, 0.6) is 0 Å². The summed E-state index contributed by atoms with van der Waals surface area (Å²) in [4.78, 5) is 17.0. The quantitative estimate of drug-likeness (QED) is 0.594. The van der Waals surface area contributed by atoms with E-state index in [0.29, 0.717) is 18.1 Å². The van der Waals surface area contributed by atoms with Crippen molar-refractivity contribution in [1.82, 2.24) is 10.3 Å². The molecule has 18 heavy (non-hydrogen) atoms. The van der Waals surface area contributed by atoms with Crippen molar-refractivity contribution >= 4 is 39.0 Å². The van der Waals surface area contributed by atoms with Crippen LogP contribution in [-0.2, 0) is 6.54 Å². The van der Waals surface area contributed by atoms with Crippen molar-refractivity contribution in [1.29, 1.82) is 0 Å². The molecule has 5 nitrogen and oxygen atoms in total. The molecule has 2 aromatic rings. The largest absolute Gasteiger partial charge is 0.346 e. The van der Waals surface area contributed by atoms with Crippen molar-refractivity contribution in [3.05, 3.63) is 44.7 Å². The standard InChI is InChI=1S/C11H11BrN4OS/c12-7-4-5-18-9(7)6-14-11(17)8-2-1-3-10(15-8)16-13/h1-5H,6,13H2,(H,14,17)(H,15,16). The summed E-state index contributed by atoms with van der Waals surface area (Å²) in [5.74, 6) is 5.47. The third-order valence-electron chi connectivity index (χ3n) is 2.23. The first-order valence-electron chi connectivity index (χ1n) is 5.14. The van der Waals surface area contributed by atoms with Gasteiger partial charge in [-0.15, -0.1) is 11.3 Å². The van der Waals surface area contributed by atoms with Crippen molar-refractivity contribution in [2.24, 2.45) is 5.84 Å². The van der Waals surface area contributed by atoms with E-state index in [9.17, 15) is 4.79 Å². The molecular formula is C11H11BrN4OS. The second-order valence-electron chi connectivity index (χ2n) is 3.43. The molecule has 0 aliphatic heterocycles. The highest BCUT2D eigenvalue weighted by Crippen LogP contribution is 2.22. The number of rotatable bonds is 4. The molecule has 7 heteroatoms. The number of anilines is 1. The number of hydrogen-bond donors (Lipinski definition) is 3. The molecule has 0 spiro atoms. The summed E-state index contributed by atoms with van der Waals surface area (Å²) in [6, 6.07) is 6.99. The minimum Gasteiger partial charge on any atom is -0.346 e. The van der Waals surface area contributed by atoms with Crippen LogP contribution in [0.2, 0.25) is 0 Å². The number of nitrogens with one attached hydrogen (secondary N) is 2. The third kappa shape index (κ3) is 3.06. The van der Waals surface area contributed by atoms with E-state index >= 15 is 0 Å². The fraction of sp³-hybridized carbons (Fsp3) is 0.0909. The summed E-state index contributed by atoms with van der Waals surface area (Å²) in [5.41, 5.74) is 2.74. The van der Waals surface area contributed by atoms with Crippen LogP contribution in [0.15, 0.2) is 34.1 Å². The zero-order chi connectivity index (χ0) is 13.0. The topological polar surface area (TPSA) is 80.0 Å². The molecule has 2 rings (SSSR count). The van der Waals surface area contributed by atoms with E-state index in [2.05, 4.69) is 31.7 Å². The fourth-order valence-electron chi connectivity index (χ4n) is 1.34. The van der Waals surface area contributed by atoms with Gasteiger partial charge in [-0.3, -0.25) is 4.79 Å². The van der Waals surface area contributed by atoms with Crippen LogP contribution in [0, 0.1) is 0 Å². The van der Waals surface area contributed by atoms with Crippen molar-refractivity contribution in [2.45, 2.75) is 6.54 Å². The van der Waals surface area contributed by atoms with Gasteiger partial charge in [-0.1, -0.05) is 6.07 Å². The van der Waals surface area contributed by atoms with Crippen molar-refractivity contribution in [3.8, 4) is 0 Å². The van der Waals surface area contributed by atoms with Gasteiger partial charge in [0.25, 0.3) is 5.91 Å². The number of carbonyl (C=O) groups is 1. The van der Waals surface area contributed by atoms with Gasteiger partial charge < -0.3 is 10.7 Å². The zero-order valence-corrected chi connectivity index (χ0v) is 11.7. The molecule has 1 amide bonds. The van der Waals surface area contributed by atoms with Crippen molar-refractivity contribution < 1.29 is 4.79 Å². The van der Waals surface area contributed by atoms with Crippen molar-refractivity contribution in [2.75, 3.05) is 5.43 Å². The number of thiophene rings is 1. The summed E-state index contributed by atoms with van der Waals surface area (Å²) in [6.07, 6.45) is 0. The maximum absolute atomic E-state index is 11.9. The van der Waals surface area contributed by atoms with Gasteiger partial charge in [0.15, 0.2) is 0 Å². The predicted octanol–water partition coefficient (Wildman–Crippen LogP) is 2.12. The number of carbonyl (C=O) groups excluding carboxylic acids is 1. The number of hydrogen-bond acceptors (Lipinski definition) is 5. The summed E-state index contributed by atoms with van der Waals surface area (Å²) >= 11 is 4.99. The molecule has 0 atom stereocenters. The first kappa shape index (κ1) is 13.0. The van der Waals surface area contributed by atoms with E-state index in [4.69, 9.17) is 5.84 Å². The van der Waals surface area contributed by atoms with Gasteiger partial charge in [-0.25, -0.2) is 10.8 Å². The Morgan fingerprint density at radius 3 is 2.94 bits per heavy atom. The molecule has 0 bridgehead atoms. The molecule has 2 aromatic heterocycles. The number of nitrogen functional groups attached to an aromatic ring is 1. The van der Waals surface area contributed by atoms with E-state index in [-0.39, 0.29) is 5.91 Å². The average Bonchev–Trinajstić information content (AvgIpc) is 2.81. The first-order chi connectivity index (χ1) is 8.70. The van der Waals surface area contributed by atoms with Crippen LogP contribution in [0.4, 0.5) is 5.82 Å². The molecule has 0 aromatic carbocycles. The summed E-state index contributed by atoms with van der Waals surface area (Å²) in [5, 5.41) is 4.76. The van der Waals surface area contributed by atoms with Crippen LogP contribution in [0.25, 0.3) is 0 Å². The molecule has 2 heterocycles. The molecule has 0 unspecified atom stereocenters. The Morgan fingerprint density at radius 1 is 1.44 bits per heavy atom. The molecular weight excluding hydrogens is 316 g/mol. The summed E-state index contributed by atoms with van der Waals surface area (Å²) in [6.45, 7) is 0.471. The van der Waals surface area contributed by atoms with Crippen LogP contribution >= 0.6 is 27.3 Å². The molecule has 4 N–H and O–H groups in total. The lowest BCUT2D eigenvalue weighted by Gasteiger charge is -2.05. The van der Waals surface area contributed by atoms with E-state index in [1.807, 2.05) is 11.4 Å². The van der Waals surface area contributed by atoms with Crippen molar-refractivity contribution in [3.63, 3.8) is 0 Å². The number of aromatic nitrogens is 1. The number of amides is 1.